The Morgan fingerprint density at radius 3 is 1.18 bits per heavy atom. The van der Waals surface area contributed by atoms with E-state index in [1.165, 1.54) is 28.4 Å². The molecule has 0 fully saturated rings. The maximum atomic E-state index is 14.2. The topological polar surface area (TPSA) is 236 Å². The molecule has 0 unspecified atom stereocenters. The number of nitrogens with one attached hydrogen (secondary N) is 8. The standard InChI is InChI=1S/C54H62N8O10/c1-31(55-3)49(63)57-37(51(65)61-47-35-21-15-13-19-33(35)29-39(47)59-53(67)45-41(69-5)25-17-26-42(45)70-6)23-11-9-10-12-24-38(58-50(64)32(2)56-4)52(66)62-48-36-22-16-14-20-34(36)30-40(48)60-54(68)46-43(71-7)27-18-28-44(46)72-8/h13-22,25-28,31-32,37-40,47-48,55-56H,23-24,29-30H2,1-8H3,(H,57,63)(H,58,64)(H,59,67)(H,60,68)(H,61,65)(H,62,66)/t31-,32-,37-,38-,39-,40-,47-,48-/m0/s1. The van der Waals surface area contributed by atoms with E-state index in [1.807, 2.05) is 48.5 Å². The number of amides is 6. The van der Waals surface area contributed by atoms with Gasteiger partial charge in [0.15, 0.2) is 0 Å². The van der Waals surface area contributed by atoms with E-state index in [0.29, 0.717) is 35.8 Å². The maximum Gasteiger partial charge on any atom is 0.259 e. The van der Waals surface area contributed by atoms with E-state index in [0.717, 1.165) is 22.3 Å². The lowest BCUT2D eigenvalue weighted by atomic mass is 10.0. The number of rotatable bonds is 20. The molecule has 0 aliphatic heterocycles. The Morgan fingerprint density at radius 1 is 0.500 bits per heavy atom. The van der Waals surface area contributed by atoms with Crippen molar-refractivity contribution in [2.45, 2.75) is 87.9 Å². The van der Waals surface area contributed by atoms with Gasteiger partial charge >= 0.3 is 0 Å². The van der Waals surface area contributed by atoms with E-state index < -0.39 is 83.8 Å². The smallest absolute Gasteiger partial charge is 0.259 e. The van der Waals surface area contributed by atoms with Gasteiger partial charge in [0.25, 0.3) is 11.8 Å². The summed E-state index contributed by atoms with van der Waals surface area (Å²) in [5.41, 5.74) is 3.85. The largest absolute Gasteiger partial charge is 0.496 e. The molecule has 4 aromatic rings. The SMILES string of the molecule is CN[C@@H](C)C(=O)N[C@@H](CC#CC#CC[C@H](NC(=O)[C@H](C)NC)C(=O)N[C@H]1c2ccccc2C[C@@H]1NC(=O)c1c(OC)cccc1OC)C(=O)N[C@H]1c2ccccc2C[C@@H]1NC(=O)c1c(OC)cccc1OC. The number of fused-ring (bicyclic) bond motifs is 2. The van der Waals surface area contributed by atoms with Gasteiger partial charge in [-0.25, -0.2) is 0 Å². The molecule has 0 radical (unpaired) electrons. The number of likely N-dealkylation sites (N-methyl/N-ethyl adjacent to an activating group) is 2. The monoisotopic (exact) mass is 982 g/mol. The molecule has 2 aliphatic rings. The van der Waals surface area contributed by atoms with Gasteiger partial charge in [-0.1, -0.05) is 72.5 Å². The van der Waals surface area contributed by atoms with E-state index in [2.05, 4.69) is 66.2 Å². The Morgan fingerprint density at radius 2 is 0.847 bits per heavy atom. The predicted octanol–water partition coefficient (Wildman–Crippen LogP) is 2.42. The van der Waals surface area contributed by atoms with Gasteiger partial charge in [0.1, 0.15) is 46.2 Å². The summed E-state index contributed by atoms with van der Waals surface area (Å²) in [6.45, 7) is 3.30. The number of carbonyl (C=O) groups is 6. The van der Waals surface area contributed by atoms with Crippen molar-refractivity contribution in [3.63, 3.8) is 0 Å². The van der Waals surface area contributed by atoms with Crippen LogP contribution in [0, 0.1) is 23.7 Å². The summed E-state index contributed by atoms with van der Waals surface area (Å²) >= 11 is 0. The first kappa shape index (κ1) is 53.3. The van der Waals surface area contributed by atoms with Crippen LogP contribution in [0.1, 0.15) is 81.7 Å². The van der Waals surface area contributed by atoms with Gasteiger partial charge in [-0.15, -0.1) is 0 Å². The van der Waals surface area contributed by atoms with Crippen molar-refractivity contribution in [1.82, 2.24) is 42.5 Å². The zero-order chi connectivity index (χ0) is 51.9. The van der Waals surface area contributed by atoms with E-state index in [4.69, 9.17) is 18.9 Å². The van der Waals surface area contributed by atoms with Crippen molar-refractivity contribution in [2.75, 3.05) is 42.5 Å². The van der Waals surface area contributed by atoms with Crippen molar-refractivity contribution in [2.24, 2.45) is 0 Å². The summed E-state index contributed by atoms with van der Waals surface area (Å²) in [6.07, 6.45) is 0.514. The molecule has 18 heteroatoms. The molecule has 2 aliphatic carbocycles. The molecule has 6 amide bonds. The molecule has 0 aromatic heterocycles. The van der Waals surface area contributed by atoms with Crippen LogP contribution in [0.25, 0.3) is 0 Å². The Bertz CT molecular complexity index is 2550. The van der Waals surface area contributed by atoms with Crippen LogP contribution in [0.5, 0.6) is 23.0 Å². The molecule has 378 valence electrons. The highest BCUT2D eigenvalue weighted by Crippen LogP contribution is 2.35. The van der Waals surface area contributed by atoms with Crippen LogP contribution in [0.15, 0.2) is 84.9 Å². The summed E-state index contributed by atoms with van der Waals surface area (Å²) < 4.78 is 21.9. The molecule has 0 spiro atoms. The van der Waals surface area contributed by atoms with Crippen molar-refractivity contribution in [1.29, 1.82) is 0 Å². The zero-order valence-electron chi connectivity index (χ0n) is 41.6. The lowest BCUT2D eigenvalue weighted by molar-refractivity contribution is -0.130. The fraction of sp³-hybridized carbons (Fsp3) is 0.370. The molecule has 4 aromatic carbocycles. The first-order chi connectivity index (χ1) is 34.8. The minimum absolute atomic E-state index is 0.151. The number of hydrogen-bond donors (Lipinski definition) is 8. The Labute approximate surface area is 419 Å². The van der Waals surface area contributed by atoms with Crippen LogP contribution in [0.2, 0.25) is 0 Å². The predicted molar refractivity (Wildman–Crippen MR) is 269 cm³/mol. The minimum Gasteiger partial charge on any atom is -0.496 e. The highest BCUT2D eigenvalue weighted by atomic mass is 16.5. The highest BCUT2D eigenvalue weighted by molar-refractivity contribution is 6.01. The van der Waals surface area contributed by atoms with Crippen molar-refractivity contribution in [3.8, 4) is 46.7 Å². The van der Waals surface area contributed by atoms with Crippen LogP contribution in [0.4, 0.5) is 0 Å². The third-order valence-electron chi connectivity index (χ3n) is 12.8. The number of carbonyl (C=O) groups excluding carboxylic acids is 6. The number of ether oxygens (including phenoxy) is 4. The summed E-state index contributed by atoms with van der Waals surface area (Å²) in [5.74, 6) is 9.60. The van der Waals surface area contributed by atoms with Gasteiger partial charge in [0.05, 0.1) is 64.7 Å². The Balaban J connectivity index is 1.19. The first-order valence-electron chi connectivity index (χ1n) is 23.5. The Hall–Kier alpha value is -8.06. The minimum atomic E-state index is -1.14. The van der Waals surface area contributed by atoms with Gasteiger partial charge in [-0.2, -0.15) is 0 Å². The first-order valence-corrected chi connectivity index (χ1v) is 23.5. The molecule has 0 bridgehead atoms. The van der Waals surface area contributed by atoms with Gasteiger partial charge < -0.3 is 61.5 Å². The molecular formula is C54H62N8O10. The van der Waals surface area contributed by atoms with Crippen LogP contribution in [-0.2, 0) is 32.0 Å². The van der Waals surface area contributed by atoms with Crippen LogP contribution >= 0.6 is 0 Å². The number of hydrogen-bond acceptors (Lipinski definition) is 12. The molecule has 0 heterocycles. The van der Waals surface area contributed by atoms with E-state index >= 15 is 0 Å². The number of benzene rings is 4. The fourth-order valence-corrected chi connectivity index (χ4v) is 8.62. The molecule has 8 N–H and O–H groups in total. The van der Waals surface area contributed by atoms with E-state index in [9.17, 15) is 28.8 Å². The maximum absolute atomic E-state index is 14.2. The average Bonchev–Trinajstić information content (AvgIpc) is 3.92. The lowest BCUT2D eigenvalue weighted by Crippen LogP contribution is -2.53. The second kappa shape index (κ2) is 25.2. The molecule has 6 rings (SSSR count). The zero-order valence-corrected chi connectivity index (χ0v) is 41.6. The fourth-order valence-electron chi connectivity index (χ4n) is 8.62. The molecular weight excluding hydrogens is 921 g/mol. The summed E-state index contributed by atoms with van der Waals surface area (Å²) in [7, 11) is 9.07. The number of methoxy groups -OCH3 is 4. The van der Waals surface area contributed by atoms with Crippen molar-refractivity contribution >= 4 is 35.4 Å². The van der Waals surface area contributed by atoms with Crippen LogP contribution in [0.3, 0.4) is 0 Å². The third kappa shape index (κ3) is 12.6. The molecule has 72 heavy (non-hydrogen) atoms. The summed E-state index contributed by atoms with van der Waals surface area (Å²) in [5, 5.41) is 23.6. The second-order valence-corrected chi connectivity index (χ2v) is 17.2. The quantitative estimate of drug-likeness (QED) is 0.0597. The van der Waals surface area contributed by atoms with Crippen LogP contribution < -0.4 is 61.5 Å². The second-order valence-electron chi connectivity index (χ2n) is 17.2. The average molecular weight is 983 g/mol. The van der Waals surface area contributed by atoms with Crippen molar-refractivity contribution in [3.05, 3.63) is 118 Å². The van der Waals surface area contributed by atoms with Gasteiger partial charge in [0.2, 0.25) is 23.6 Å². The van der Waals surface area contributed by atoms with Gasteiger partial charge in [-0.05, 0) is 99.1 Å². The molecule has 8 atom stereocenters. The van der Waals surface area contributed by atoms with Crippen molar-refractivity contribution < 1.29 is 47.7 Å². The van der Waals surface area contributed by atoms with E-state index in [-0.39, 0.29) is 24.0 Å². The normalized spacial score (nSPS) is 17.7. The van der Waals surface area contributed by atoms with Gasteiger partial charge in [-0.3, -0.25) is 28.8 Å². The summed E-state index contributed by atoms with van der Waals surface area (Å²) in [6, 6.07) is 19.0. The lowest BCUT2D eigenvalue weighted by Gasteiger charge is -2.26. The third-order valence-corrected chi connectivity index (χ3v) is 12.8. The Kier molecular flexibility index (Phi) is 18.6. The summed E-state index contributed by atoms with van der Waals surface area (Å²) in [4.78, 5) is 82.5. The van der Waals surface area contributed by atoms with E-state index in [1.54, 1.807) is 64.3 Å². The molecule has 0 saturated carbocycles. The van der Waals surface area contributed by atoms with Crippen LogP contribution in [-0.4, -0.2) is 114 Å². The molecule has 0 saturated heterocycles. The van der Waals surface area contributed by atoms with Gasteiger partial charge in [0, 0.05) is 12.8 Å². The highest BCUT2D eigenvalue weighted by Gasteiger charge is 2.39. The molecule has 18 nitrogen and oxygen atoms in total.